The molecule has 4 nitrogen and oxygen atoms in total. The van der Waals surface area contributed by atoms with Gasteiger partial charge in [-0.1, -0.05) is 22.9 Å². The lowest BCUT2D eigenvalue weighted by molar-refractivity contribution is -0.134. The summed E-state index contributed by atoms with van der Waals surface area (Å²) in [5.74, 6) is -0.104. The topological polar surface area (TPSA) is 49.4 Å². The van der Waals surface area contributed by atoms with Gasteiger partial charge in [0.1, 0.15) is 0 Å². The standard InChI is InChI=1S/C10H17BrN2O2/c1-3-8(11)10(15)13(2)6-9(14)12-7-4-5-7/h7-8H,3-6H2,1-2H3,(H,12,14). The summed E-state index contributed by atoms with van der Waals surface area (Å²) < 4.78 is 0. The van der Waals surface area contributed by atoms with Crippen LogP contribution in [0, 0.1) is 0 Å². The van der Waals surface area contributed by atoms with Crippen LogP contribution in [0.15, 0.2) is 0 Å². The molecule has 1 saturated carbocycles. The number of amides is 2. The average molecular weight is 277 g/mol. The number of nitrogens with zero attached hydrogens (tertiary/aromatic N) is 1. The minimum absolute atomic E-state index is 0.0385. The first kappa shape index (κ1) is 12.5. The van der Waals surface area contributed by atoms with Crippen molar-refractivity contribution in [3.05, 3.63) is 0 Å². The molecule has 0 aromatic rings. The van der Waals surface area contributed by atoms with Crippen LogP contribution in [-0.4, -0.2) is 41.2 Å². The van der Waals surface area contributed by atoms with Crippen LogP contribution in [0.4, 0.5) is 0 Å². The van der Waals surface area contributed by atoms with E-state index in [9.17, 15) is 9.59 Å². The van der Waals surface area contributed by atoms with Gasteiger partial charge < -0.3 is 10.2 Å². The van der Waals surface area contributed by atoms with Crippen molar-refractivity contribution < 1.29 is 9.59 Å². The second-order valence-corrected chi connectivity index (χ2v) is 5.02. The summed E-state index contributed by atoms with van der Waals surface area (Å²) in [6.45, 7) is 2.08. The Balaban J connectivity index is 2.29. The summed E-state index contributed by atoms with van der Waals surface area (Å²) in [7, 11) is 1.65. The van der Waals surface area contributed by atoms with Gasteiger partial charge in [0.25, 0.3) is 0 Å². The average Bonchev–Trinajstić information content (AvgIpc) is 2.98. The molecule has 0 heterocycles. The lowest BCUT2D eigenvalue weighted by Crippen LogP contribution is -2.41. The van der Waals surface area contributed by atoms with E-state index in [0.717, 1.165) is 19.3 Å². The van der Waals surface area contributed by atoms with Crippen molar-refractivity contribution in [2.24, 2.45) is 0 Å². The molecule has 1 rings (SSSR count). The maximum atomic E-state index is 11.6. The van der Waals surface area contributed by atoms with Crippen LogP contribution in [0.3, 0.4) is 0 Å². The highest BCUT2D eigenvalue weighted by atomic mass is 79.9. The first-order valence-electron chi connectivity index (χ1n) is 5.23. The number of carbonyl (C=O) groups is 2. The molecule has 86 valence electrons. The Morgan fingerprint density at radius 1 is 1.53 bits per heavy atom. The molecule has 0 spiro atoms. The smallest absolute Gasteiger partial charge is 0.239 e. The van der Waals surface area contributed by atoms with Gasteiger partial charge in [-0.15, -0.1) is 0 Å². The van der Waals surface area contributed by atoms with Crippen molar-refractivity contribution in [1.82, 2.24) is 10.2 Å². The summed E-state index contributed by atoms with van der Waals surface area (Å²) in [5.41, 5.74) is 0. The molecule has 0 aromatic carbocycles. The van der Waals surface area contributed by atoms with Gasteiger partial charge in [0.15, 0.2) is 0 Å². The van der Waals surface area contributed by atoms with Crippen LogP contribution in [0.25, 0.3) is 0 Å². The van der Waals surface area contributed by atoms with Crippen molar-refractivity contribution in [1.29, 1.82) is 0 Å². The number of likely N-dealkylation sites (N-methyl/N-ethyl adjacent to an activating group) is 1. The Hall–Kier alpha value is -0.580. The number of hydrogen-bond acceptors (Lipinski definition) is 2. The SMILES string of the molecule is CCC(Br)C(=O)N(C)CC(=O)NC1CC1. The molecule has 15 heavy (non-hydrogen) atoms. The summed E-state index contributed by atoms with van der Waals surface area (Å²) in [6, 6.07) is 0.354. The largest absolute Gasteiger partial charge is 0.352 e. The van der Waals surface area contributed by atoms with E-state index in [4.69, 9.17) is 0 Å². The molecule has 1 fully saturated rings. The highest BCUT2D eigenvalue weighted by Crippen LogP contribution is 2.18. The molecule has 1 unspecified atom stereocenters. The van der Waals surface area contributed by atoms with E-state index in [-0.39, 0.29) is 23.2 Å². The third-order valence-electron chi connectivity index (χ3n) is 2.33. The quantitative estimate of drug-likeness (QED) is 0.759. The summed E-state index contributed by atoms with van der Waals surface area (Å²) >= 11 is 3.27. The van der Waals surface area contributed by atoms with Gasteiger partial charge in [-0.25, -0.2) is 0 Å². The zero-order valence-electron chi connectivity index (χ0n) is 9.12. The van der Waals surface area contributed by atoms with Gasteiger partial charge in [-0.3, -0.25) is 9.59 Å². The molecule has 1 aliphatic carbocycles. The molecule has 0 aliphatic heterocycles. The van der Waals surface area contributed by atoms with Crippen molar-refractivity contribution in [2.45, 2.75) is 37.1 Å². The number of hydrogen-bond donors (Lipinski definition) is 1. The second kappa shape index (κ2) is 5.49. The summed E-state index contributed by atoms with van der Waals surface area (Å²) in [4.78, 5) is 24.3. The van der Waals surface area contributed by atoms with Gasteiger partial charge in [0.05, 0.1) is 11.4 Å². The van der Waals surface area contributed by atoms with E-state index in [1.807, 2.05) is 6.92 Å². The fourth-order valence-corrected chi connectivity index (χ4v) is 1.56. The Bertz CT molecular complexity index is 254. The Labute approximate surface area is 98.5 Å². The van der Waals surface area contributed by atoms with E-state index >= 15 is 0 Å². The van der Waals surface area contributed by atoms with E-state index in [1.54, 1.807) is 7.05 Å². The fourth-order valence-electron chi connectivity index (χ4n) is 1.21. The normalized spacial score (nSPS) is 17.0. The number of rotatable bonds is 5. The van der Waals surface area contributed by atoms with Gasteiger partial charge in [0.2, 0.25) is 11.8 Å². The van der Waals surface area contributed by atoms with Gasteiger partial charge in [-0.05, 0) is 19.3 Å². The predicted octanol–water partition coefficient (Wildman–Crippen LogP) is 0.897. The van der Waals surface area contributed by atoms with E-state index in [2.05, 4.69) is 21.2 Å². The highest BCUT2D eigenvalue weighted by Gasteiger charge is 2.25. The molecular formula is C10H17BrN2O2. The van der Waals surface area contributed by atoms with Gasteiger partial charge >= 0.3 is 0 Å². The molecule has 0 aromatic heterocycles. The third-order valence-corrected chi connectivity index (χ3v) is 3.36. The Morgan fingerprint density at radius 2 is 2.13 bits per heavy atom. The first-order valence-corrected chi connectivity index (χ1v) is 6.14. The van der Waals surface area contributed by atoms with Gasteiger partial charge in [-0.2, -0.15) is 0 Å². The lowest BCUT2D eigenvalue weighted by atomic mass is 10.3. The maximum Gasteiger partial charge on any atom is 0.239 e. The van der Waals surface area contributed by atoms with Crippen LogP contribution >= 0.6 is 15.9 Å². The molecule has 0 bridgehead atoms. The van der Waals surface area contributed by atoms with E-state index in [1.165, 1.54) is 4.90 Å². The molecule has 0 radical (unpaired) electrons. The van der Waals surface area contributed by atoms with Gasteiger partial charge in [0, 0.05) is 13.1 Å². The molecule has 5 heteroatoms. The Kier molecular flexibility index (Phi) is 4.57. The van der Waals surface area contributed by atoms with E-state index < -0.39 is 0 Å². The van der Waals surface area contributed by atoms with Crippen LogP contribution < -0.4 is 5.32 Å². The van der Waals surface area contributed by atoms with Crippen LogP contribution in [0.1, 0.15) is 26.2 Å². The minimum Gasteiger partial charge on any atom is -0.352 e. The van der Waals surface area contributed by atoms with E-state index in [0.29, 0.717) is 6.04 Å². The number of halogens is 1. The molecule has 2 amide bonds. The zero-order valence-corrected chi connectivity index (χ0v) is 10.7. The predicted molar refractivity (Wildman–Crippen MR) is 61.8 cm³/mol. The highest BCUT2D eigenvalue weighted by molar-refractivity contribution is 9.10. The molecule has 1 atom stereocenters. The summed E-state index contributed by atoms with van der Waals surface area (Å²) in [6.07, 6.45) is 2.87. The van der Waals surface area contributed by atoms with Crippen LogP contribution in [0.5, 0.6) is 0 Å². The van der Waals surface area contributed by atoms with Crippen molar-refractivity contribution in [3.8, 4) is 0 Å². The first-order chi connectivity index (χ1) is 7.04. The third kappa shape index (κ3) is 4.20. The van der Waals surface area contributed by atoms with Crippen molar-refractivity contribution in [3.63, 3.8) is 0 Å². The van der Waals surface area contributed by atoms with Crippen molar-refractivity contribution in [2.75, 3.05) is 13.6 Å². The lowest BCUT2D eigenvalue weighted by Gasteiger charge is -2.19. The molecule has 1 aliphatic rings. The van der Waals surface area contributed by atoms with Crippen molar-refractivity contribution >= 4 is 27.7 Å². The number of nitrogens with one attached hydrogen (secondary N) is 1. The summed E-state index contributed by atoms with van der Waals surface area (Å²) in [5, 5.41) is 2.85. The Morgan fingerprint density at radius 3 is 2.60 bits per heavy atom. The molecule has 0 saturated heterocycles. The minimum atomic E-state index is -0.184. The fraction of sp³-hybridized carbons (Fsp3) is 0.800. The zero-order chi connectivity index (χ0) is 11.4. The molecule has 1 N–H and O–H groups in total. The second-order valence-electron chi connectivity index (χ2n) is 3.91. The van der Waals surface area contributed by atoms with Crippen LogP contribution in [-0.2, 0) is 9.59 Å². The van der Waals surface area contributed by atoms with Crippen LogP contribution in [0.2, 0.25) is 0 Å². The molecular weight excluding hydrogens is 260 g/mol. The number of alkyl halides is 1. The maximum absolute atomic E-state index is 11.6. The number of carbonyl (C=O) groups excluding carboxylic acids is 2. The monoisotopic (exact) mass is 276 g/mol.